The molecule has 7 nitrogen and oxygen atoms in total. The van der Waals surface area contributed by atoms with Crippen LogP contribution in [0, 0.1) is 39.5 Å². The summed E-state index contributed by atoms with van der Waals surface area (Å²) in [4.78, 5) is 11.9. The van der Waals surface area contributed by atoms with Crippen molar-refractivity contribution in [3.63, 3.8) is 0 Å². The van der Waals surface area contributed by atoms with Crippen molar-refractivity contribution in [2.24, 2.45) is 11.8 Å². The number of nitrogens with zero attached hydrogens (tertiary/aromatic N) is 3. The van der Waals surface area contributed by atoms with Crippen molar-refractivity contribution in [3.8, 4) is 0 Å². The summed E-state index contributed by atoms with van der Waals surface area (Å²) >= 11 is 0. The van der Waals surface area contributed by atoms with E-state index in [4.69, 9.17) is 9.97 Å². The van der Waals surface area contributed by atoms with Crippen LogP contribution < -0.4 is 14.9 Å². The van der Waals surface area contributed by atoms with Crippen LogP contribution in [0.4, 0.5) is 11.8 Å². The average Bonchev–Trinajstić information content (AvgIpc) is 2.85. The Morgan fingerprint density at radius 2 is 1.47 bits per heavy atom. The first-order valence-electron chi connectivity index (χ1n) is 12.8. The van der Waals surface area contributed by atoms with Crippen LogP contribution in [0.2, 0.25) is 0 Å². The van der Waals surface area contributed by atoms with E-state index in [1.165, 1.54) is 0 Å². The van der Waals surface area contributed by atoms with Gasteiger partial charge >= 0.3 is 0 Å². The molecule has 0 aliphatic heterocycles. The van der Waals surface area contributed by atoms with Crippen molar-refractivity contribution < 1.29 is 8.42 Å². The van der Waals surface area contributed by atoms with E-state index in [0.717, 1.165) is 71.2 Å². The predicted octanol–water partition coefficient (Wildman–Crippen LogP) is 5.13. The average molecular weight is 510 g/mol. The first-order valence-corrected chi connectivity index (χ1v) is 14.3. The molecule has 0 saturated heterocycles. The summed E-state index contributed by atoms with van der Waals surface area (Å²) in [5.74, 6) is 2.46. The minimum absolute atomic E-state index is 0.361. The highest BCUT2D eigenvalue weighted by atomic mass is 32.2. The zero-order valence-corrected chi connectivity index (χ0v) is 23.2. The number of anilines is 2. The lowest BCUT2D eigenvalue weighted by molar-refractivity contribution is 0.284. The number of aromatic nitrogens is 2. The second-order valence-corrected chi connectivity index (χ2v) is 12.2. The molecule has 0 bridgehead atoms. The third-order valence-corrected chi connectivity index (χ3v) is 9.35. The fourth-order valence-corrected chi connectivity index (χ4v) is 6.97. The summed E-state index contributed by atoms with van der Waals surface area (Å²) in [5.41, 5.74) is 4.64. The van der Waals surface area contributed by atoms with Crippen LogP contribution in [0.3, 0.4) is 0 Å². The fraction of sp³-hybridized carbons (Fsp3) is 0.500. The maximum atomic E-state index is 13.2. The number of aryl methyl sites for hydroxylation is 2. The smallest absolute Gasteiger partial charge is 0.241 e. The Morgan fingerprint density at radius 1 is 0.889 bits per heavy atom. The second kappa shape index (κ2) is 10.7. The van der Waals surface area contributed by atoms with Crippen LogP contribution in [0.5, 0.6) is 0 Å². The van der Waals surface area contributed by atoms with Crippen molar-refractivity contribution >= 4 is 32.7 Å². The van der Waals surface area contributed by atoms with Gasteiger partial charge in [0.2, 0.25) is 16.0 Å². The molecule has 0 atom stereocenters. The first kappa shape index (κ1) is 26.4. The molecule has 0 spiro atoms. The topological polar surface area (TPSA) is 87.2 Å². The van der Waals surface area contributed by atoms with Gasteiger partial charge in [-0.1, -0.05) is 18.2 Å². The number of nitrogens with one attached hydrogen (secondary N) is 2. The second-order valence-electron chi connectivity index (χ2n) is 10.5. The molecule has 1 saturated carbocycles. The zero-order chi connectivity index (χ0) is 26.0. The Morgan fingerprint density at radius 3 is 2.08 bits per heavy atom. The molecule has 0 unspecified atom stereocenters. The van der Waals surface area contributed by atoms with E-state index in [9.17, 15) is 8.42 Å². The highest BCUT2D eigenvalue weighted by Crippen LogP contribution is 2.31. The van der Waals surface area contributed by atoms with Gasteiger partial charge in [0.25, 0.3) is 0 Å². The molecule has 1 aromatic heterocycles. The number of sulfonamides is 1. The Bertz CT molecular complexity index is 1320. The zero-order valence-electron chi connectivity index (χ0n) is 22.4. The third-order valence-electron chi connectivity index (χ3n) is 7.65. The molecule has 2 N–H and O–H groups in total. The van der Waals surface area contributed by atoms with Gasteiger partial charge in [-0.3, -0.25) is 0 Å². The van der Waals surface area contributed by atoms with Crippen molar-refractivity contribution in [3.05, 3.63) is 52.6 Å². The van der Waals surface area contributed by atoms with Gasteiger partial charge in [-0.05, 0) is 99.6 Å². The maximum absolute atomic E-state index is 13.2. The van der Waals surface area contributed by atoms with Gasteiger partial charge in [-0.25, -0.2) is 18.1 Å². The Labute approximate surface area is 215 Å². The van der Waals surface area contributed by atoms with Gasteiger partial charge in [0.1, 0.15) is 5.82 Å². The van der Waals surface area contributed by atoms with Gasteiger partial charge < -0.3 is 10.2 Å². The fourth-order valence-electron chi connectivity index (χ4n) is 5.24. The molecule has 1 aliphatic carbocycles. The summed E-state index contributed by atoms with van der Waals surface area (Å²) in [6.07, 6.45) is 4.16. The molecule has 3 aromatic rings. The Balaban J connectivity index is 1.32. The predicted molar refractivity (Wildman–Crippen MR) is 148 cm³/mol. The molecule has 4 rings (SSSR count). The molecular weight excluding hydrogens is 470 g/mol. The van der Waals surface area contributed by atoms with Crippen LogP contribution in [-0.4, -0.2) is 45.6 Å². The molecule has 2 aromatic carbocycles. The number of hydrogen-bond donors (Lipinski definition) is 2. The lowest BCUT2D eigenvalue weighted by atomic mass is 9.82. The summed E-state index contributed by atoms with van der Waals surface area (Å²) in [6, 6.07) is 10.1. The van der Waals surface area contributed by atoms with Gasteiger partial charge in [0.05, 0.1) is 10.4 Å². The van der Waals surface area contributed by atoms with E-state index in [1.807, 2.05) is 71.0 Å². The molecule has 0 amide bonds. The number of para-hydroxylation sites is 1. The standard InChI is InChI=1S/C28H39N5O2S/c1-18-15-19(2)21(4)26(20(18)3)36(34,35)30-17-23-13-11-22(12-14-23)16-29-28-31-25-10-8-7-9-24(25)27(32-28)33(5)6/h7-10,15,22-23,30H,11-14,16-17H2,1-6H3,(H,29,31,32). The highest BCUT2D eigenvalue weighted by molar-refractivity contribution is 7.89. The minimum atomic E-state index is -3.54. The van der Waals surface area contributed by atoms with E-state index in [-0.39, 0.29) is 0 Å². The van der Waals surface area contributed by atoms with Gasteiger partial charge in [0, 0.05) is 32.6 Å². The number of hydrogen-bond acceptors (Lipinski definition) is 6. The van der Waals surface area contributed by atoms with Gasteiger partial charge in [-0.15, -0.1) is 0 Å². The molecule has 194 valence electrons. The van der Waals surface area contributed by atoms with Crippen molar-refractivity contribution in [1.82, 2.24) is 14.7 Å². The molecule has 1 heterocycles. The third kappa shape index (κ3) is 5.65. The van der Waals surface area contributed by atoms with Crippen molar-refractivity contribution in [1.29, 1.82) is 0 Å². The van der Waals surface area contributed by atoms with E-state index < -0.39 is 10.0 Å². The lowest BCUT2D eigenvalue weighted by Crippen LogP contribution is -2.33. The molecule has 1 aliphatic rings. The Kier molecular flexibility index (Phi) is 7.85. The minimum Gasteiger partial charge on any atom is -0.362 e. The lowest BCUT2D eigenvalue weighted by Gasteiger charge is -2.29. The summed E-state index contributed by atoms with van der Waals surface area (Å²) in [6.45, 7) is 9.06. The van der Waals surface area contributed by atoms with Crippen LogP contribution in [0.15, 0.2) is 35.2 Å². The van der Waals surface area contributed by atoms with Crippen molar-refractivity contribution in [2.45, 2.75) is 58.3 Å². The summed E-state index contributed by atoms with van der Waals surface area (Å²) in [5, 5.41) is 4.50. The molecule has 1 fully saturated rings. The SMILES string of the molecule is Cc1cc(C)c(C)c(S(=O)(=O)NCC2CCC(CNc3nc(N(C)C)c4ccccc4n3)CC2)c1C. The van der Waals surface area contributed by atoms with Crippen LogP contribution in [0.1, 0.15) is 47.9 Å². The van der Waals surface area contributed by atoms with E-state index in [2.05, 4.69) is 16.1 Å². The number of benzene rings is 2. The molecular formula is C28H39N5O2S. The summed E-state index contributed by atoms with van der Waals surface area (Å²) < 4.78 is 29.3. The summed E-state index contributed by atoms with van der Waals surface area (Å²) in [7, 11) is 0.456. The number of fused-ring (bicyclic) bond motifs is 1. The van der Waals surface area contributed by atoms with E-state index in [1.54, 1.807) is 0 Å². The van der Waals surface area contributed by atoms with Crippen LogP contribution in [-0.2, 0) is 10.0 Å². The first-order chi connectivity index (χ1) is 17.1. The monoisotopic (exact) mass is 509 g/mol. The molecule has 0 radical (unpaired) electrons. The molecule has 36 heavy (non-hydrogen) atoms. The highest BCUT2D eigenvalue weighted by Gasteiger charge is 2.26. The number of rotatable bonds is 8. The molecule has 8 heteroatoms. The maximum Gasteiger partial charge on any atom is 0.241 e. The normalized spacial score (nSPS) is 18.4. The van der Waals surface area contributed by atoms with E-state index >= 15 is 0 Å². The van der Waals surface area contributed by atoms with Gasteiger partial charge in [0.15, 0.2) is 0 Å². The van der Waals surface area contributed by atoms with E-state index in [0.29, 0.717) is 29.2 Å². The van der Waals surface area contributed by atoms with Gasteiger partial charge in [-0.2, -0.15) is 4.98 Å². The quantitative estimate of drug-likeness (QED) is 0.438. The van der Waals surface area contributed by atoms with Crippen molar-refractivity contribution in [2.75, 3.05) is 37.4 Å². The Hall–Kier alpha value is -2.71. The van der Waals surface area contributed by atoms with Crippen LogP contribution >= 0.6 is 0 Å². The van der Waals surface area contributed by atoms with Crippen LogP contribution in [0.25, 0.3) is 10.9 Å². The largest absolute Gasteiger partial charge is 0.362 e.